The topological polar surface area (TPSA) is 91.6 Å². The number of carboxylic acid groups (broad SMARTS) is 1. The Morgan fingerprint density at radius 3 is 2.14 bits per heavy atom. The molecular formula is C26H32F3N3O4S. The summed E-state index contributed by atoms with van der Waals surface area (Å²) in [6.45, 7) is 7.46. The molecular weight excluding hydrogens is 507 g/mol. The summed E-state index contributed by atoms with van der Waals surface area (Å²) < 4.78 is 59.4. The number of halogens is 3. The van der Waals surface area contributed by atoms with Crippen LogP contribution in [0.5, 0.6) is 0 Å². The predicted octanol–water partition coefficient (Wildman–Crippen LogP) is 4.79. The van der Waals surface area contributed by atoms with E-state index in [1.165, 1.54) is 48.3 Å². The first kappa shape index (κ1) is 28.7. The summed E-state index contributed by atoms with van der Waals surface area (Å²) in [7, 11) is -3.59. The zero-order valence-electron chi connectivity index (χ0n) is 20.7. The van der Waals surface area contributed by atoms with Gasteiger partial charge in [-0.25, -0.2) is 17.2 Å². The highest BCUT2D eigenvalue weighted by Gasteiger charge is 2.38. The minimum atomic E-state index is -5.08. The Bertz CT molecular complexity index is 1290. The lowest BCUT2D eigenvalue weighted by atomic mass is 10.1. The van der Waals surface area contributed by atoms with Crippen LogP contribution in [0.15, 0.2) is 59.6 Å². The minimum absolute atomic E-state index is 0.359. The number of aryl methyl sites for hydroxylation is 1. The van der Waals surface area contributed by atoms with E-state index in [4.69, 9.17) is 9.90 Å². The van der Waals surface area contributed by atoms with Gasteiger partial charge in [-0.15, -0.1) is 0 Å². The molecule has 0 unspecified atom stereocenters. The van der Waals surface area contributed by atoms with Crippen LogP contribution in [0, 0.1) is 6.92 Å². The van der Waals surface area contributed by atoms with Crippen LogP contribution < -0.4 is 5.32 Å². The van der Waals surface area contributed by atoms with Gasteiger partial charge in [0.1, 0.15) is 0 Å². The van der Waals surface area contributed by atoms with Crippen molar-refractivity contribution in [1.82, 2.24) is 14.2 Å². The van der Waals surface area contributed by atoms with E-state index in [0.29, 0.717) is 4.90 Å². The van der Waals surface area contributed by atoms with E-state index in [2.05, 4.69) is 16.3 Å². The summed E-state index contributed by atoms with van der Waals surface area (Å²) in [4.78, 5) is 11.7. The summed E-state index contributed by atoms with van der Waals surface area (Å²) in [6, 6.07) is 15.0. The molecule has 11 heteroatoms. The maximum absolute atomic E-state index is 13.1. The number of carboxylic acids is 1. The van der Waals surface area contributed by atoms with Crippen molar-refractivity contribution in [3.8, 4) is 0 Å². The Morgan fingerprint density at radius 1 is 0.973 bits per heavy atom. The maximum atomic E-state index is 13.1. The summed E-state index contributed by atoms with van der Waals surface area (Å²) >= 11 is 0. The predicted molar refractivity (Wildman–Crippen MR) is 136 cm³/mol. The number of aliphatic carboxylic acids is 1. The Morgan fingerprint density at radius 2 is 1.59 bits per heavy atom. The van der Waals surface area contributed by atoms with Crippen LogP contribution in [0.25, 0.3) is 10.9 Å². The Kier molecular flexibility index (Phi) is 9.74. The quantitative estimate of drug-likeness (QED) is 0.496. The van der Waals surface area contributed by atoms with Crippen LogP contribution in [0.2, 0.25) is 0 Å². The van der Waals surface area contributed by atoms with Gasteiger partial charge in [-0.2, -0.15) is 13.2 Å². The molecule has 0 aliphatic carbocycles. The van der Waals surface area contributed by atoms with Crippen molar-refractivity contribution < 1.29 is 31.5 Å². The first-order chi connectivity index (χ1) is 17.5. The fraction of sp³-hybridized carbons (Fsp3) is 0.423. The van der Waals surface area contributed by atoms with Crippen molar-refractivity contribution in [3.05, 3.63) is 65.9 Å². The number of benzene rings is 2. The van der Waals surface area contributed by atoms with E-state index in [1.54, 1.807) is 18.3 Å². The number of alkyl halides is 3. The molecule has 2 aliphatic rings. The summed E-state index contributed by atoms with van der Waals surface area (Å²) in [5.41, 5.74) is 2.70. The lowest BCUT2D eigenvalue weighted by Crippen LogP contribution is -2.21. The van der Waals surface area contributed by atoms with Gasteiger partial charge in [0.25, 0.3) is 10.0 Å². The summed E-state index contributed by atoms with van der Waals surface area (Å²) in [5.74, 6) is -2.76. The second kappa shape index (κ2) is 12.6. The highest BCUT2D eigenvalue weighted by Crippen LogP contribution is 2.27. The molecule has 202 valence electrons. The van der Waals surface area contributed by atoms with Gasteiger partial charge in [-0.3, -0.25) is 4.90 Å². The number of nitrogens with zero attached hydrogens (tertiary/aromatic N) is 2. The Labute approximate surface area is 214 Å². The molecule has 0 bridgehead atoms. The fourth-order valence-electron chi connectivity index (χ4n) is 4.31. The molecule has 0 amide bonds. The first-order valence-corrected chi connectivity index (χ1v) is 13.6. The van der Waals surface area contributed by atoms with Crippen molar-refractivity contribution in [2.75, 3.05) is 26.2 Å². The van der Waals surface area contributed by atoms with Crippen LogP contribution in [0.3, 0.4) is 0 Å². The number of fused-ring (bicyclic) bond motifs is 1. The number of aromatic nitrogens is 1. The fourth-order valence-corrected chi connectivity index (χ4v) is 5.89. The first-order valence-electron chi connectivity index (χ1n) is 12.1. The van der Waals surface area contributed by atoms with Gasteiger partial charge in [0.15, 0.2) is 0 Å². The lowest BCUT2D eigenvalue weighted by molar-refractivity contribution is -0.192. The summed E-state index contributed by atoms with van der Waals surface area (Å²) in [5, 5.41) is 11.4. The van der Waals surface area contributed by atoms with Gasteiger partial charge in [0.05, 0.1) is 10.4 Å². The van der Waals surface area contributed by atoms with Crippen LogP contribution in [-0.2, 0) is 21.4 Å². The number of nitrogens with one attached hydrogen (secondary N) is 1. The SMILES string of the molecule is C1CCNC1.Cc1ccccc1S(=O)(=O)n1ccc2c(CN3CCCC3)cccc21.O=C(O)C(F)(F)F. The van der Waals surface area contributed by atoms with Gasteiger partial charge in [0, 0.05) is 18.1 Å². The molecule has 5 rings (SSSR count). The van der Waals surface area contributed by atoms with E-state index in [9.17, 15) is 21.6 Å². The van der Waals surface area contributed by atoms with Gasteiger partial charge in [-0.05, 0) is 88.1 Å². The number of hydrogen-bond acceptors (Lipinski definition) is 5. The van der Waals surface area contributed by atoms with Crippen LogP contribution in [0.4, 0.5) is 13.2 Å². The molecule has 2 saturated heterocycles. The molecule has 0 atom stereocenters. The molecule has 0 radical (unpaired) electrons. The third-order valence-corrected chi connectivity index (χ3v) is 8.06. The molecule has 0 saturated carbocycles. The number of hydrogen-bond donors (Lipinski definition) is 2. The van der Waals surface area contributed by atoms with Gasteiger partial charge in [-0.1, -0.05) is 30.3 Å². The molecule has 1 aromatic heterocycles. The second-order valence-electron chi connectivity index (χ2n) is 8.98. The number of carbonyl (C=O) groups is 1. The van der Waals surface area contributed by atoms with Gasteiger partial charge < -0.3 is 10.4 Å². The average molecular weight is 540 g/mol. The molecule has 3 aromatic rings. The number of rotatable bonds is 4. The highest BCUT2D eigenvalue weighted by molar-refractivity contribution is 7.90. The molecule has 2 fully saturated rings. The highest BCUT2D eigenvalue weighted by atomic mass is 32.2. The third kappa shape index (κ3) is 7.56. The molecule has 0 spiro atoms. The monoisotopic (exact) mass is 539 g/mol. The zero-order chi connectivity index (χ0) is 27.1. The molecule has 37 heavy (non-hydrogen) atoms. The largest absolute Gasteiger partial charge is 0.490 e. The Hall–Kier alpha value is -2.89. The van der Waals surface area contributed by atoms with E-state index < -0.39 is 22.2 Å². The Balaban J connectivity index is 0.000000262. The smallest absolute Gasteiger partial charge is 0.475 e. The lowest BCUT2D eigenvalue weighted by Gasteiger charge is -2.15. The normalized spacial score (nSPS) is 16.1. The average Bonchev–Trinajstić information content (AvgIpc) is 3.62. The van der Waals surface area contributed by atoms with Crippen LogP contribution in [0.1, 0.15) is 36.8 Å². The van der Waals surface area contributed by atoms with E-state index >= 15 is 0 Å². The van der Waals surface area contributed by atoms with Crippen molar-refractivity contribution in [2.24, 2.45) is 0 Å². The molecule has 2 aromatic carbocycles. The summed E-state index contributed by atoms with van der Waals surface area (Å²) in [6.07, 6.45) is 1.87. The van der Waals surface area contributed by atoms with Crippen LogP contribution >= 0.6 is 0 Å². The van der Waals surface area contributed by atoms with E-state index in [1.807, 2.05) is 37.3 Å². The van der Waals surface area contributed by atoms with Gasteiger partial charge in [0.2, 0.25) is 0 Å². The van der Waals surface area contributed by atoms with Crippen molar-refractivity contribution in [3.63, 3.8) is 0 Å². The zero-order valence-corrected chi connectivity index (χ0v) is 21.5. The van der Waals surface area contributed by atoms with E-state index in [-0.39, 0.29) is 0 Å². The third-order valence-electron chi connectivity index (χ3n) is 6.21. The molecule has 2 N–H and O–H groups in total. The van der Waals surface area contributed by atoms with Crippen LogP contribution in [-0.4, -0.2) is 60.7 Å². The van der Waals surface area contributed by atoms with Crippen molar-refractivity contribution in [1.29, 1.82) is 0 Å². The molecule has 3 heterocycles. The maximum Gasteiger partial charge on any atom is 0.490 e. The van der Waals surface area contributed by atoms with Crippen molar-refractivity contribution in [2.45, 2.75) is 50.2 Å². The minimum Gasteiger partial charge on any atom is -0.475 e. The second-order valence-corrected chi connectivity index (χ2v) is 10.8. The van der Waals surface area contributed by atoms with Gasteiger partial charge >= 0.3 is 12.1 Å². The molecule has 7 nitrogen and oxygen atoms in total. The number of likely N-dealkylation sites (tertiary alicyclic amines) is 1. The molecule has 2 aliphatic heterocycles. The standard InChI is InChI=1S/C20H22N2O2S.C4H9N.C2HF3O2/c1-16-7-2-3-10-20(16)25(23,24)22-14-11-18-17(8-6-9-19(18)22)15-21-12-4-5-13-21;1-2-4-5-3-1;3-2(4,5)1(6)7/h2-3,6-11,14H,4-5,12-13,15H2,1H3;5H,1-4H2;(H,6,7). The van der Waals surface area contributed by atoms with Crippen molar-refractivity contribution >= 4 is 26.9 Å². The van der Waals surface area contributed by atoms with E-state index in [0.717, 1.165) is 36.1 Å².